The van der Waals surface area contributed by atoms with Gasteiger partial charge in [-0.1, -0.05) is 11.5 Å². The van der Waals surface area contributed by atoms with Crippen LogP contribution in [0.25, 0.3) is 10.4 Å². The average Bonchev–Trinajstić information content (AvgIpc) is 2.10. The van der Waals surface area contributed by atoms with Gasteiger partial charge < -0.3 is 5.32 Å². The molecule has 5 nitrogen and oxygen atoms in total. The minimum atomic E-state index is 0.101. The third-order valence-corrected chi connectivity index (χ3v) is 1.67. The molecule has 0 aliphatic rings. The first kappa shape index (κ1) is 12.8. The molecule has 0 atom stereocenters. The van der Waals surface area contributed by atoms with Crippen LogP contribution in [0.4, 0.5) is 0 Å². The van der Waals surface area contributed by atoms with Crippen LogP contribution in [0.1, 0.15) is 39.5 Å². The first-order valence-corrected chi connectivity index (χ1v) is 4.97. The summed E-state index contributed by atoms with van der Waals surface area (Å²) in [4.78, 5) is 13.8. The summed E-state index contributed by atoms with van der Waals surface area (Å²) < 4.78 is 0. The van der Waals surface area contributed by atoms with Crippen LogP contribution in [-0.4, -0.2) is 18.5 Å². The summed E-state index contributed by atoms with van der Waals surface area (Å²) in [5.41, 5.74) is 8.00. The Kier molecular flexibility index (Phi) is 7.65. The highest BCUT2D eigenvalue weighted by atomic mass is 16.1. The molecular weight excluding hydrogens is 180 g/mol. The fraction of sp³-hybridized carbons (Fsp3) is 0.889. The number of azide groups is 1. The predicted octanol–water partition coefficient (Wildman–Crippen LogP) is 2.38. The molecule has 0 aromatic carbocycles. The Bertz CT molecular complexity index is 209. The molecule has 0 radical (unpaired) electrons. The van der Waals surface area contributed by atoms with Crippen LogP contribution in [0.5, 0.6) is 0 Å². The van der Waals surface area contributed by atoms with Crippen molar-refractivity contribution in [3.8, 4) is 0 Å². The Morgan fingerprint density at radius 3 is 2.71 bits per heavy atom. The molecule has 0 aliphatic heterocycles. The number of nitrogens with zero attached hydrogens (tertiary/aromatic N) is 3. The molecule has 0 saturated heterocycles. The molecule has 5 heteroatoms. The second-order valence-electron chi connectivity index (χ2n) is 3.49. The lowest BCUT2D eigenvalue weighted by atomic mass is 10.2. The monoisotopic (exact) mass is 198 g/mol. The van der Waals surface area contributed by atoms with E-state index in [1.165, 1.54) is 0 Å². The van der Waals surface area contributed by atoms with Crippen LogP contribution < -0.4 is 5.32 Å². The summed E-state index contributed by atoms with van der Waals surface area (Å²) >= 11 is 0. The van der Waals surface area contributed by atoms with Gasteiger partial charge in [-0.25, -0.2) is 0 Å². The molecule has 0 heterocycles. The van der Waals surface area contributed by atoms with E-state index in [1.807, 2.05) is 13.8 Å². The van der Waals surface area contributed by atoms with E-state index in [9.17, 15) is 4.79 Å². The third-order valence-electron chi connectivity index (χ3n) is 1.67. The van der Waals surface area contributed by atoms with E-state index in [0.717, 1.165) is 19.3 Å². The highest BCUT2D eigenvalue weighted by Crippen LogP contribution is 2.00. The minimum absolute atomic E-state index is 0.101. The predicted molar refractivity (Wildman–Crippen MR) is 55.8 cm³/mol. The Morgan fingerprint density at radius 2 is 2.14 bits per heavy atom. The van der Waals surface area contributed by atoms with Crippen molar-refractivity contribution in [2.75, 3.05) is 6.54 Å². The van der Waals surface area contributed by atoms with Gasteiger partial charge >= 0.3 is 0 Å². The van der Waals surface area contributed by atoms with Gasteiger partial charge in [0.2, 0.25) is 5.91 Å². The number of unbranched alkanes of at least 4 members (excludes halogenated alkanes) is 2. The molecular formula is C9H18N4O. The van der Waals surface area contributed by atoms with E-state index < -0.39 is 0 Å². The van der Waals surface area contributed by atoms with Crippen molar-refractivity contribution < 1.29 is 4.79 Å². The van der Waals surface area contributed by atoms with Crippen LogP contribution >= 0.6 is 0 Å². The van der Waals surface area contributed by atoms with Crippen molar-refractivity contribution in [2.45, 2.75) is 45.6 Å². The fourth-order valence-corrected chi connectivity index (χ4v) is 1.08. The van der Waals surface area contributed by atoms with Gasteiger partial charge in [-0.15, -0.1) is 0 Å². The van der Waals surface area contributed by atoms with Crippen molar-refractivity contribution in [2.24, 2.45) is 5.11 Å². The van der Waals surface area contributed by atoms with Crippen molar-refractivity contribution in [1.29, 1.82) is 0 Å². The Morgan fingerprint density at radius 1 is 1.43 bits per heavy atom. The number of rotatable bonds is 7. The minimum Gasteiger partial charge on any atom is -0.354 e. The van der Waals surface area contributed by atoms with Crippen LogP contribution in [0.3, 0.4) is 0 Å². The summed E-state index contributed by atoms with van der Waals surface area (Å²) in [6.45, 7) is 4.42. The number of carbonyl (C=O) groups is 1. The number of hydrogen-bond acceptors (Lipinski definition) is 2. The second-order valence-corrected chi connectivity index (χ2v) is 3.49. The Hall–Kier alpha value is -1.22. The van der Waals surface area contributed by atoms with Crippen molar-refractivity contribution in [3.63, 3.8) is 0 Å². The maximum Gasteiger partial charge on any atom is 0.220 e. The maximum atomic E-state index is 11.1. The molecule has 80 valence electrons. The average molecular weight is 198 g/mol. The van der Waals surface area contributed by atoms with Gasteiger partial charge in [0.25, 0.3) is 0 Å². The molecule has 0 unspecified atom stereocenters. The van der Waals surface area contributed by atoms with E-state index in [2.05, 4.69) is 15.3 Å². The van der Waals surface area contributed by atoms with Crippen LogP contribution in [0, 0.1) is 0 Å². The summed E-state index contributed by atoms with van der Waals surface area (Å²) in [5, 5.41) is 6.24. The highest BCUT2D eigenvalue weighted by Gasteiger charge is 2.01. The van der Waals surface area contributed by atoms with Gasteiger partial charge in [-0.3, -0.25) is 4.79 Å². The molecule has 14 heavy (non-hydrogen) atoms. The lowest BCUT2D eigenvalue weighted by molar-refractivity contribution is -0.121. The number of hydrogen-bond donors (Lipinski definition) is 1. The molecule has 1 N–H and O–H groups in total. The van der Waals surface area contributed by atoms with Gasteiger partial charge in [0.05, 0.1) is 0 Å². The molecule has 0 spiro atoms. The number of carbonyl (C=O) groups excluding carboxylic acids is 1. The summed E-state index contributed by atoms with van der Waals surface area (Å²) in [7, 11) is 0. The fourth-order valence-electron chi connectivity index (χ4n) is 1.08. The van der Waals surface area contributed by atoms with Crippen LogP contribution in [0.15, 0.2) is 5.11 Å². The van der Waals surface area contributed by atoms with Crippen molar-refractivity contribution in [1.82, 2.24) is 5.32 Å². The molecule has 0 aromatic heterocycles. The zero-order valence-corrected chi connectivity index (χ0v) is 8.86. The molecule has 0 aliphatic carbocycles. The summed E-state index contributed by atoms with van der Waals surface area (Å²) in [5.74, 6) is 0.101. The quantitative estimate of drug-likeness (QED) is 0.290. The lowest BCUT2D eigenvalue weighted by Crippen LogP contribution is -2.29. The summed E-state index contributed by atoms with van der Waals surface area (Å²) in [6.07, 6.45) is 3.22. The van der Waals surface area contributed by atoms with Gasteiger partial charge in [-0.2, -0.15) is 0 Å². The van der Waals surface area contributed by atoms with Crippen molar-refractivity contribution in [3.05, 3.63) is 10.4 Å². The number of amides is 1. The normalized spacial score (nSPS) is 9.64. The zero-order valence-electron chi connectivity index (χ0n) is 8.86. The van der Waals surface area contributed by atoms with Crippen LogP contribution in [0.2, 0.25) is 0 Å². The molecule has 1 amide bonds. The molecule has 0 aromatic rings. The van der Waals surface area contributed by atoms with Crippen LogP contribution in [-0.2, 0) is 4.79 Å². The highest BCUT2D eigenvalue weighted by molar-refractivity contribution is 5.76. The zero-order chi connectivity index (χ0) is 10.8. The van der Waals surface area contributed by atoms with E-state index in [-0.39, 0.29) is 11.9 Å². The van der Waals surface area contributed by atoms with Gasteiger partial charge in [0.1, 0.15) is 0 Å². The maximum absolute atomic E-state index is 11.1. The van der Waals surface area contributed by atoms with Gasteiger partial charge in [0.15, 0.2) is 0 Å². The number of nitrogens with one attached hydrogen (secondary N) is 1. The van der Waals surface area contributed by atoms with Gasteiger partial charge in [0, 0.05) is 23.9 Å². The van der Waals surface area contributed by atoms with Crippen molar-refractivity contribution >= 4 is 5.91 Å². The molecule has 0 rings (SSSR count). The molecule has 0 fully saturated rings. The largest absolute Gasteiger partial charge is 0.354 e. The summed E-state index contributed by atoms with van der Waals surface area (Å²) in [6, 6.07) is 0.214. The molecule has 0 bridgehead atoms. The van der Waals surface area contributed by atoms with E-state index in [0.29, 0.717) is 13.0 Å². The third kappa shape index (κ3) is 8.87. The Labute approximate surface area is 84.5 Å². The molecule has 0 saturated carbocycles. The first-order valence-electron chi connectivity index (χ1n) is 4.97. The van der Waals surface area contributed by atoms with E-state index >= 15 is 0 Å². The lowest BCUT2D eigenvalue weighted by Gasteiger charge is -2.07. The smallest absolute Gasteiger partial charge is 0.220 e. The first-order chi connectivity index (χ1) is 6.66. The second kappa shape index (κ2) is 8.38. The topological polar surface area (TPSA) is 77.9 Å². The van der Waals surface area contributed by atoms with Gasteiger partial charge in [-0.05, 0) is 32.2 Å². The van der Waals surface area contributed by atoms with E-state index in [1.54, 1.807) is 0 Å². The Balaban J connectivity index is 3.27. The standard InChI is InChI=1S/C9H18N4O/c1-8(2)12-9(14)6-4-3-5-7-11-13-10/h8H,3-7H2,1-2H3,(H,12,14). The van der Waals surface area contributed by atoms with E-state index in [4.69, 9.17) is 5.53 Å². The SMILES string of the molecule is CC(C)NC(=O)CCCCCN=[N+]=[N-].